The Balaban J connectivity index is 0.00000156. The summed E-state index contributed by atoms with van der Waals surface area (Å²) in [4.78, 5) is 19.4. The predicted molar refractivity (Wildman–Crippen MR) is 93.2 cm³/mol. The molecule has 2 unspecified atom stereocenters. The Kier molecular flexibility index (Phi) is 4.71. The van der Waals surface area contributed by atoms with Gasteiger partial charge in [-0.15, -0.1) is 12.4 Å². The number of aromatic nitrogens is 2. The zero-order chi connectivity index (χ0) is 15.1. The minimum atomic E-state index is 0. The molecule has 2 fully saturated rings. The number of aryl methyl sites for hydroxylation is 1. The van der Waals surface area contributed by atoms with Gasteiger partial charge in [0.2, 0.25) is 0 Å². The molecule has 0 saturated carbocycles. The first-order chi connectivity index (χ1) is 10.7. The molecule has 2 aromatic rings. The van der Waals surface area contributed by atoms with Crippen LogP contribution in [-0.4, -0.2) is 40.5 Å². The van der Waals surface area contributed by atoms with Crippen LogP contribution in [0.25, 0.3) is 5.65 Å². The molecule has 2 aromatic heterocycles. The van der Waals surface area contributed by atoms with E-state index in [-0.39, 0.29) is 18.0 Å². The summed E-state index contributed by atoms with van der Waals surface area (Å²) in [7, 11) is 0. The molecular weight excluding hydrogens is 312 g/mol. The van der Waals surface area contributed by atoms with Crippen LogP contribution >= 0.6 is 12.4 Å². The van der Waals surface area contributed by atoms with Crippen molar-refractivity contribution in [1.29, 1.82) is 0 Å². The highest BCUT2D eigenvalue weighted by Gasteiger charge is 2.32. The number of piperidine rings is 1. The number of fused-ring (bicyclic) bond motifs is 2. The van der Waals surface area contributed by atoms with E-state index in [1.165, 1.54) is 13.0 Å². The lowest BCUT2D eigenvalue weighted by Crippen LogP contribution is -2.39. The van der Waals surface area contributed by atoms with Gasteiger partial charge in [-0.05, 0) is 56.4 Å². The molecule has 6 heteroatoms. The Bertz CT molecular complexity index is 760. The number of hydrogen-bond acceptors (Lipinski definition) is 4. The van der Waals surface area contributed by atoms with Crippen molar-refractivity contribution in [2.45, 2.75) is 19.9 Å². The van der Waals surface area contributed by atoms with Crippen LogP contribution in [0.5, 0.6) is 0 Å². The fourth-order valence-corrected chi connectivity index (χ4v) is 3.87. The van der Waals surface area contributed by atoms with Gasteiger partial charge in [-0.1, -0.05) is 6.07 Å². The van der Waals surface area contributed by atoms with E-state index in [0.717, 1.165) is 54.9 Å². The van der Waals surface area contributed by atoms with Crippen LogP contribution in [0.4, 0.5) is 0 Å². The summed E-state index contributed by atoms with van der Waals surface area (Å²) in [5.74, 6) is 1.60. The molecule has 2 aliphatic rings. The maximum absolute atomic E-state index is 12.3. The first kappa shape index (κ1) is 16.4. The Morgan fingerprint density at radius 1 is 1.35 bits per heavy atom. The number of nitrogens with one attached hydrogen (secondary N) is 1. The van der Waals surface area contributed by atoms with Crippen molar-refractivity contribution in [2.75, 3.05) is 26.2 Å². The number of likely N-dealkylation sites (tertiary alicyclic amines) is 1. The zero-order valence-electron chi connectivity index (χ0n) is 13.4. The molecule has 4 heterocycles. The van der Waals surface area contributed by atoms with Crippen LogP contribution in [0.15, 0.2) is 29.2 Å². The smallest absolute Gasteiger partial charge is 0.258 e. The zero-order valence-corrected chi connectivity index (χ0v) is 14.2. The van der Waals surface area contributed by atoms with Crippen molar-refractivity contribution >= 4 is 18.1 Å². The van der Waals surface area contributed by atoms with E-state index in [1.807, 2.05) is 19.1 Å². The first-order valence-corrected chi connectivity index (χ1v) is 8.12. The number of pyridine rings is 1. The molecule has 0 amide bonds. The fourth-order valence-electron chi connectivity index (χ4n) is 3.87. The fraction of sp³-hybridized carbons (Fsp3) is 0.529. The molecule has 0 bridgehead atoms. The third-order valence-electron chi connectivity index (χ3n) is 5.11. The van der Waals surface area contributed by atoms with Crippen molar-refractivity contribution in [1.82, 2.24) is 19.6 Å². The molecule has 1 N–H and O–H groups in total. The maximum atomic E-state index is 12.3. The Morgan fingerprint density at radius 2 is 2.17 bits per heavy atom. The van der Waals surface area contributed by atoms with Crippen LogP contribution in [0.3, 0.4) is 0 Å². The molecule has 5 nitrogen and oxygen atoms in total. The van der Waals surface area contributed by atoms with Crippen molar-refractivity contribution in [2.24, 2.45) is 11.8 Å². The maximum Gasteiger partial charge on any atom is 0.258 e. The van der Waals surface area contributed by atoms with E-state index >= 15 is 0 Å². The Morgan fingerprint density at radius 3 is 3.04 bits per heavy atom. The second-order valence-electron chi connectivity index (χ2n) is 6.67. The highest BCUT2D eigenvalue weighted by Crippen LogP contribution is 2.27. The minimum Gasteiger partial charge on any atom is -0.316 e. The van der Waals surface area contributed by atoms with Gasteiger partial charge in [-0.25, -0.2) is 4.98 Å². The van der Waals surface area contributed by atoms with Crippen LogP contribution < -0.4 is 10.9 Å². The molecule has 4 rings (SSSR count). The van der Waals surface area contributed by atoms with E-state index in [0.29, 0.717) is 0 Å². The lowest BCUT2D eigenvalue weighted by molar-refractivity contribution is 0.141. The van der Waals surface area contributed by atoms with Gasteiger partial charge in [-0.3, -0.25) is 14.1 Å². The lowest BCUT2D eigenvalue weighted by atomic mass is 9.89. The van der Waals surface area contributed by atoms with Gasteiger partial charge in [0.1, 0.15) is 5.65 Å². The minimum absolute atomic E-state index is 0. The average molecular weight is 335 g/mol. The number of rotatable bonds is 2. The van der Waals surface area contributed by atoms with E-state index in [9.17, 15) is 4.79 Å². The molecule has 0 aliphatic carbocycles. The largest absolute Gasteiger partial charge is 0.316 e. The molecule has 0 radical (unpaired) electrons. The van der Waals surface area contributed by atoms with Gasteiger partial charge in [0.15, 0.2) is 0 Å². The standard InChI is InChI=1S/C17H22N4O.ClH/c1-12-3-2-5-21-16(22)7-15(19-17(12)21)11-20-6-4-13-8-18-9-14(13)10-20;/h2-3,5,7,13-14,18H,4,6,8-11H2,1H3;1H. The normalized spacial score (nSPS) is 24.4. The van der Waals surface area contributed by atoms with Crippen LogP contribution in [0, 0.1) is 18.8 Å². The van der Waals surface area contributed by atoms with Gasteiger partial charge >= 0.3 is 0 Å². The predicted octanol–water partition coefficient (Wildman–Crippen LogP) is 1.47. The number of nitrogens with zero attached hydrogens (tertiary/aromatic N) is 3. The second kappa shape index (κ2) is 6.59. The summed E-state index contributed by atoms with van der Waals surface area (Å²) in [6, 6.07) is 5.58. The van der Waals surface area contributed by atoms with Crippen LogP contribution in [0.1, 0.15) is 17.7 Å². The van der Waals surface area contributed by atoms with E-state index in [1.54, 1.807) is 16.7 Å². The molecule has 2 saturated heterocycles. The summed E-state index contributed by atoms with van der Waals surface area (Å²) in [5.41, 5.74) is 2.73. The van der Waals surface area contributed by atoms with Gasteiger partial charge in [0, 0.05) is 25.4 Å². The number of halogens is 1. The van der Waals surface area contributed by atoms with Crippen molar-refractivity contribution in [3.63, 3.8) is 0 Å². The molecule has 2 aliphatic heterocycles. The van der Waals surface area contributed by atoms with E-state index < -0.39 is 0 Å². The third-order valence-corrected chi connectivity index (χ3v) is 5.11. The van der Waals surface area contributed by atoms with Gasteiger partial charge < -0.3 is 5.32 Å². The highest BCUT2D eigenvalue weighted by atomic mass is 35.5. The average Bonchev–Trinajstić information content (AvgIpc) is 2.96. The van der Waals surface area contributed by atoms with Crippen molar-refractivity contribution in [3.05, 3.63) is 46.0 Å². The highest BCUT2D eigenvalue weighted by molar-refractivity contribution is 5.85. The second-order valence-corrected chi connectivity index (χ2v) is 6.67. The van der Waals surface area contributed by atoms with Crippen molar-refractivity contribution in [3.8, 4) is 0 Å². The van der Waals surface area contributed by atoms with Crippen LogP contribution in [0.2, 0.25) is 0 Å². The molecule has 0 aromatic carbocycles. The summed E-state index contributed by atoms with van der Waals surface area (Å²) in [6.07, 6.45) is 3.04. The molecule has 23 heavy (non-hydrogen) atoms. The molecule has 124 valence electrons. The molecule has 2 atom stereocenters. The molecule has 0 spiro atoms. The summed E-state index contributed by atoms with van der Waals surface area (Å²) < 4.78 is 1.63. The number of hydrogen-bond donors (Lipinski definition) is 1. The van der Waals surface area contributed by atoms with Crippen LogP contribution in [-0.2, 0) is 6.54 Å². The molecular formula is C17H23ClN4O. The SMILES string of the molecule is Cc1cccn2c(=O)cc(CN3CCC4CNCC4C3)nc12.Cl. The first-order valence-electron chi connectivity index (χ1n) is 8.12. The Labute approximate surface area is 142 Å². The van der Waals surface area contributed by atoms with Gasteiger partial charge in [-0.2, -0.15) is 0 Å². The van der Waals surface area contributed by atoms with Gasteiger partial charge in [0.05, 0.1) is 5.69 Å². The Hall–Kier alpha value is -1.43. The summed E-state index contributed by atoms with van der Waals surface area (Å²) in [5, 5.41) is 3.49. The monoisotopic (exact) mass is 334 g/mol. The quantitative estimate of drug-likeness (QED) is 0.903. The van der Waals surface area contributed by atoms with E-state index in [2.05, 4.69) is 10.2 Å². The van der Waals surface area contributed by atoms with Gasteiger partial charge in [0.25, 0.3) is 5.56 Å². The topological polar surface area (TPSA) is 49.6 Å². The third kappa shape index (κ3) is 3.13. The summed E-state index contributed by atoms with van der Waals surface area (Å²) in [6.45, 7) is 7.32. The summed E-state index contributed by atoms with van der Waals surface area (Å²) >= 11 is 0. The van der Waals surface area contributed by atoms with Crippen molar-refractivity contribution < 1.29 is 0 Å². The van der Waals surface area contributed by atoms with E-state index in [4.69, 9.17) is 4.98 Å². The lowest BCUT2D eigenvalue weighted by Gasteiger charge is -2.34.